The van der Waals surface area contributed by atoms with E-state index < -0.39 is 25.2 Å². The van der Waals surface area contributed by atoms with E-state index in [2.05, 4.69) is 4.74 Å². The van der Waals surface area contributed by atoms with E-state index in [1.54, 1.807) is 0 Å². The molecule has 1 aromatic carbocycles. The minimum Gasteiger partial charge on any atom is -0.491 e. The Morgan fingerprint density at radius 2 is 1.89 bits per heavy atom. The molecule has 0 saturated carbocycles. The van der Waals surface area contributed by atoms with Gasteiger partial charge in [-0.1, -0.05) is 0 Å². The van der Waals surface area contributed by atoms with E-state index in [-0.39, 0.29) is 24.5 Å². The third-order valence-electron chi connectivity index (χ3n) is 1.94. The lowest BCUT2D eigenvalue weighted by molar-refractivity contribution is -0.175. The van der Waals surface area contributed by atoms with Crippen molar-refractivity contribution in [2.24, 2.45) is 0 Å². The third kappa shape index (κ3) is 5.33. The van der Waals surface area contributed by atoms with Crippen LogP contribution in [0.5, 0.6) is 5.75 Å². The van der Waals surface area contributed by atoms with Crippen LogP contribution in [0.2, 0.25) is 0 Å². The molecule has 0 aromatic heterocycles. The highest BCUT2D eigenvalue weighted by atomic mass is 19.4. The fourth-order valence-corrected chi connectivity index (χ4v) is 1.21. The van der Waals surface area contributed by atoms with Crippen LogP contribution in [0.1, 0.15) is 5.56 Å². The highest BCUT2D eigenvalue weighted by molar-refractivity contribution is 5.33. The fourth-order valence-electron chi connectivity index (χ4n) is 1.21. The van der Waals surface area contributed by atoms with Crippen LogP contribution in [0.15, 0.2) is 18.2 Å². The second-order valence-corrected chi connectivity index (χ2v) is 3.43. The first kappa shape index (κ1) is 14.7. The maximum Gasteiger partial charge on any atom is 0.411 e. The first-order chi connectivity index (χ1) is 8.42. The molecule has 3 nitrogen and oxygen atoms in total. The van der Waals surface area contributed by atoms with E-state index >= 15 is 0 Å². The summed E-state index contributed by atoms with van der Waals surface area (Å²) in [5.41, 5.74) is 0.228. The van der Waals surface area contributed by atoms with Crippen LogP contribution in [0, 0.1) is 5.82 Å². The van der Waals surface area contributed by atoms with Crippen molar-refractivity contribution < 1.29 is 32.1 Å². The normalized spacial score (nSPS) is 11.6. The van der Waals surface area contributed by atoms with Crippen LogP contribution in [-0.4, -0.2) is 31.1 Å². The lowest BCUT2D eigenvalue weighted by Gasteiger charge is -2.11. The van der Waals surface area contributed by atoms with E-state index in [1.165, 1.54) is 6.07 Å². The Bertz CT molecular complexity index is 379. The predicted octanol–water partition coefficient (Wildman–Crippen LogP) is 2.28. The summed E-state index contributed by atoms with van der Waals surface area (Å²) in [5.74, 6) is -0.311. The molecule has 7 heteroatoms. The maximum absolute atomic E-state index is 12.8. The minimum atomic E-state index is -4.37. The standard InChI is InChI=1S/C11H12F4O3/c12-9-1-2-10(8(5-9)6-16)18-4-3-17-7-11(13,14)15/h1-2,5,16H,3-4,6-7H2. The van der Waals surface area contributed by atoms with E-state index in [0.29, 0.717) is 0 Å². The van der Waals surface area contributed by atoms with Crippen molar-refractivity contribution in [2.45, 2.75) is 12.8 Å². The largest absolute Gasteiger partial charge is 0.491 e. The van der Waals surface area contributed by atoms with Crippen molar-refractivity contribution in [1.82, 2.24) is 0 Å². The summed E-state index contributed by atoms with van der Waals surface area (Å²) in [6.45, 7) is -2.13. The molecule has 0 spiro atoms. The van der Waals surface area contributed by atoms with Crippen LogP contribution in [0.25, 0.3) is 0 Å². The topological polar surface area (TPSA) is 38.7 Å². The Balaban J connectivity index is 2.35. The smallest absolute Gasteiger partial charge is 0.411 e. The van der Waals surface area contributed by atoms with Gasteiger partial charge in [-0.25, -0.2) is 4.39 Å². The molecule has 1 N–H and O–H groups in total. The second kappa shape index (κ2) is 6.55. The van der Waals surface area contributed by atoms with Crippen molar-refractivity contribution in [2.75, 3.05) is 19.8 Å². The lowest BCUT2D eigenvalue weighted by Crippen LogP contribution is -2.19. The Hall–Kier alpha value is -1.34. The maximum atomic E-state index is 12.8. The van der Waals surface area contributed by atoms with Crippen molar-refractivity contribution in [3.8, 4) is 5.75 Å². The molecule has 0 fully saturated rings. The summed E-state index contributed by atoms with van der Waals surface area (Å²) in [6, 6.07) is 3.52. The van der Waals surface area contributed by atoms with Gasteiger partial charge in [0.15, 0.2) is 0 Å². The summed E-state index contributed by atoms with van der Waals surface area (Å²) < 4.78 is 57.4. The van der Waals surface area contributed by atoms with Crippen LogP contribution in [0.3, 0.4) is 0 Å². The quantitative estimate of drug-likeness (QED) is 0.635. The molecular formula is C11H12F4O3. The SMILES string of the molecule is OCc1cc(F)ccc1OCCOCC(F)(F)F. The number of halogens is 4. The predicted molar refractivity (Wildman–Crippen MR) is 54.7 cm³/mol. The molecule has 0 radical (unpaired) electrons. The highest BCUT2D eigenvalue weighted by Crippen LogP contribution is 2.19. The molecule has 18 heavy (non-hydrogen) atoms. The molecule has 1 aromatic rings. The van der Waals surface area contributed by atoms with E-state index in [9.17, 15) is 17.6 Å². The summed E-state index contributed by atoms with van der Waals surface area (Å²) >= 11 is 0. The Morgan fingerprint density at radius 1 is 1.17 bits per heavy atom. The van der Waals surface area contributed by atoms with Crippen molar-refractivity contribution >= 4 is 0 Å². The average Bonchev–Trinajstić information content (AvgIpc) is 2.28. The van der Waals surface area contributed by atoms with E-state index in [4.69, 9.17) is 9.84 Å². The molecule has 0 bridgehead atoms. The van der Waals surface area contributed by atoms with Gasteiger partial charge < -0.3 is 14.6 Å². The van der Waals surface area contributed by atoms with E-state index in [1.807, 2.05) is 0 Å². The molecule has 0 heterocycles. The zero-order valence-electron chi connectivity index (χ0n) is 9.34. The van der Waals surface area contributed by atoms with E-state index in [0.717, 1.165) is 12.1 Å². The Labute approximate surface area is 101 Å². The monoisotopic (exact) mass is 268 g/mol. The van der Waals surface area contributed by atoms with Gasteiger partial charge in [0.1, 0.15) is 24.8 Å². The first-order valence-electron chi connectivity index (χ1n) is 5.09. The summed E-state index contributed by atoms with van der Waals surface area (Å²) in [5, 5.41) is 8.93. The van der Waals surface area contributed by atoms with Crippen molar-refractivity contribution in [1.29, 1.82) is 0 Å². The third-order valence-corrected chi connectivity index (χ3v) is 1.94. The van der Waals surface area contributed by atoms with Gasteiger partial charge in [-0.2, -0.15) is 13.2 Å². The van der Waals surface area contributed by atoms with Gasteiger partial charge in [-0.05, 0) is 18.2 Å². The summed E-state index contributed by atoms with van der Waals surface area (Å²) in [4.78, 5) is 0. The number of rotatable bonds is 6. The fraction of sp³-hybridized carbons (Fsp3) is 0.455. The molecule has 0 atom stereocenters. The van der Waals surface area contributed by atoms with Gasteiger partial charge in [0.05, 0.1) is 13.2 Å². The van der Waals surface area contributed by atoms with Gasteiger partial charge in [0.25, 0.3) is 0 Å². The molecule has 0 saturated heterocycles. The number of ether oxygens (including phenoxy) is 2. The van der Waals surface area contributed by atoms with Crippen LogP contribution < -0.4 is 4.74 Å². The number of aliphatic hydroxyl groups excluding tert-OH is 1. The molecule has 0 aliphatic rings. The summed E-state index contributed by atoms with van der Waals surface area (Å²) in [6.07, 6.45) is -4.37. The molecule has 0 unspecified atom stereocenters. The van der Waals surface area contributed by atoms with Crippen LogP contribution in [0.4, 0.5) is 17.6 Å². The summed E-state index contributed by atoms with van der Waals surface area (Å²) in [7, 11) is 0. The highest BCUT2D eigenvalue weighted by Gasteiger charge is 2.27. The molecule has 102 valence electrons. The Morgan fingerprint density at radius 3 is 2.50 bits per heavy atom. The molecular weight excluding hydrogens is 256 g/mol. The van der Waals surface area contributed by atoms with Gasteiger partial charge in [-0.15, -0.1) is 0 Å². The Kier molecular flexibility index (Phi) is 5.36. The number of hydrogen-bond donors (Lipinski definition) is 1. The van der Waals surface area contributed by atoms with Gasteiger partial charge in [0.2, 0.25) is 0 Å². The van der Waals surface area contributed by atoms with Crippen molar-refractivity contribution in [3.63, 3.8) is 0 Å². The number of aliphatic hydroxyl groups is 1. The number of benzene rings is 1. The molecule has 0 aliphatic carbocycles. The van der Waals surface area contributed by atoms with Gasteiger partial charge >= 0.3 is 6.18 Å². The lowest BCUT2D eigenvalue weighted by atomic mass is 10.2. The molecule has 0 amide bonds. The second-order valence-electron chi connectivity index (χ2n) is 3.43. The van der Waals surface area contributed by atoms with Crippen molar-refractivity contribution in [3.05, 3.63) is 29.6 Å². The van der Waals surface area contributed by atoms with Gasteiger partial charge in [-0.3, -0.25) is 0 Å². The minimum absolute atomic E-state index is 0.116. The van der Waals surface area contributed by atoms with Crippen LogP contribution in [-0.2, 0) is 11.3 Å². The van der Waals surface area contributed by atoms with Gasteiger partial charge in [0, 0.05) is 5.56 Å². The zero-order chi connectivity index (χ0) is 13.6. The molecule has 0 aliphatic heterocycles. The zero-order valence-corrected chi connectivity index (χ0v) is 9.34. The van der Waals surface area contributed by atoms with Crippen LogP contribution >= 0.6 is 0 Å². The molecule has 1 rings (SSSR count). The number of alkyl halides is 3. The number of hydrogen-bond acceptors (Lipinski definition) is 3. The average molecular weight is 268 g/mol. The first-order valence-corrected chi connectivity index (χ1v) is 5.09.